The first kappa shape index (κ1) is 13.9. The van der Waals surface area contributed by atoms with Crippen LogP contribution in [0.1, 0.15) is 31.0 Å². The summed E-state index contributed by atoms with van der Waals surface area (Å²) in [7, 11) is 2.01. The number of hydrogen-bond acceptors (Lipinski definition) is 4. The Morgan fingerprint density at radius 2 is 2.39 bits per heavy atom. The monoisotopic (exact) mass is 269 g/mol. The summed E-state index contributed by atoms with van der Waals surface area (Å²) in [5.74, 6) is 1.02. The van der Waals surface area contributed by atoms with E-state index in [0.717, 1.165) is 24.5 Å². The molecule has 2 rings (SSSR count). The second kappa shape index (κ2) is 6.08. The topological polar surface area (TPSA) is 53.1 Å². The fourth-order valence-corrected chi connectivity index (χ4v) is 3.61. The van der Waals surface area contributed by atoms with Gasteiger partial charge in [-0.2, -0.15) is 5.10 Å². The molecule has 0 amide bonds. The number of thioether (sulfide) groups is 1. The fourth-order valence-electron chi connectivity index (χ4n) is 2.37. The summed E-state index contributed by atoms with van der Waals surface area (Å²) >= 11 is 1.85. The minimum absolute atomic E-state index is 0.176. The van der Waals surface area contributed by atoms with E-state index in [1.807, 2.05) is 30.4 Å². The van der Waals surface area contributed by atoms with Gasteiger partial charge in [0, 0.05) is 31.0 Å². The highest BCUT2D eigenvalue weighted by atomic mass is 32.2. The van der Waals surface area contributed by atoms with Crippen LogP contribution in [0.3, 0.4) is 0 Å². The van der Waals surface area contributed by atoms with Gasteiger partial charge in [0.15, 0.2) is 0 Å². The van der Waals surface area contributed by atoms with Crippen LogP contribution in [-0.2, 0) is 18.2 Å². The molecule has 0 bridgehead atoms. The maximum absolute atomic E-state index is 5.92. The van der Waals surface area contributed by atoms with E-state index in [0.29, 0.717) is 6.10 Å². The molecule has 18 heavy (non-hydrogen) atoms. The second-order valence-corrected chi connectivity index (χ2v) is 6.13. The van der Waals surface area contributed by atoms with Gasteiger partial charge < -0.3 is 10.5 Å². The summed E-state index contributed by atoms with van der Waals surface area (Å²) in [6, 6.07) is 0.176. The van der Waals surface area contributed by atoms with Gasteiger partial charge >= 0.3 is 0 Å². The van der Waals surface area contributed by atoms with E-state index in [2.05, 4.69) is 12.0 Å². The van der Waals surface area contributed by atoms with E-state index in [4.69, 9.17) is 10.5 Å². The first-order chi connectivity index (χ1) is 8.58. The van der Waals surface area contributed by atoms with E-state index >= 15 is 0 Å². The van der Waals surface area contributed by atoms with Crippen molar-refractivity contribution in [3.05, 3.63) is 11.3 Å². The van der Waals surface area contributed by atoms with E-state index in [1.54, 1.807) is 0 Å². The third-order valence-electron chi connectivity index (χ3n) is 3.24. The first-order valence-electron chi connectivity index (χ1n) is 6.60. The lowest BCUT2D eigenvalue weighted by molar-refractivity contribution is 0.129. The SMILES string of the molecule is Cc1nn(C)c(SCC2CCCO2)c1CC(C)N. The van der Waals surface area contributed by atoms with Gasteiger partial charge in [-0.1, -0.05) is 0 Å². The highest BCUT2D eigenvalue weighted by molar-refractivity contribution is 7.99. The summed E-state index contributed by atoms with van der Waals surface area (Å²) < 4.78 is 7.65. The Morgan fingerprint density at radius 1 is 1.61 bits per heavy atom. The van der Waals surface area contributed by atoms with E-state index < -0.39 is 0 Å². The maximum Gasteiger partial charge on any atom is 0.0972 e. The van der Waals surface area contributed by atoms with Crippen molar-refractivity contribution < 1.29 is 4.74 Å². The average Bonchev–Trinajstić information content (AvgIpc) is 2.87. The minimum atomic E-state index is 0.176. The van der Waals surface area contributed by atoms with Crippen molar-refractivity contribution in [2.24, 2.45) is 12.8 Å². The third-order valence-corrected chi connectivity index (χ3v) is 4.57. The molecule has 0 saturated carbocycles. The molecule has 2 heterocycles. The van der Waals surface area contributed by atoms with Crippen molar-refractivity contribution in [2.45, 2.75) is 50.3 Å². The summed E-state index contributed by atoms with van der Waals surface area (Å²) in [6.45, 7) is 5.02. The van der Waals surface area contributed by atoms with Crippen LogP contribution in [0.4, 0.5) is 0 Å². The summed E-state index contributed by atoms with van der Waals surface area (Å²) in [4.78, 5) is 0. The molecule has 2 atom stereocenters. The zero-order valence-corrected chi connectivity index (χ0v) is 12.3. The predicted molar refractivity (Wildman–Crippen MR) is 75.0 cm³/mol. The standard InChI is InChI=1S/C13H23N3OS/c1-9(14)7-12-10(2)15-16(3)13(12)18-8-11-5-4-6-17-11/h9,11H,4-8,14H2,1-3H3. The number of nitrogens with zero attached hydrogens (tertiary/aromatic N) is 2. The molecule has 102 valence electrons. The Kier molecular flexibility index (Phi) is 4.70. The van der Waals surface area contributed by atoms with Crippen molar-refractivity contribution >= 4 is 11.8 Å². The molecule has 0 aliphatic carbocycles. The molecule has 1 aromatic rings. The number of ether oxygens (including phenoxy) is 1. The van der Waals surface area contributed by atoms with Gasteiger partial charge in [-0.25, -0.2) is 0 Å². The number of aryl methyl sites for hydroxylation is 2. The number of rotatable bonds is 5. The minimum Gasteiger partial charge on any atom is -0.377 e. The largest absolute Gasteiger partial charge is 0.377 e. The highest BCUT2D eigenvalue weighted by Gasteiger charge is 2.19. The van der Waals surface area contributed by atoms with Crippen LogP contribution >= 0.6 is 11.8 Å². The van der Waals surface area contributed by atoms with Crippen LogP contribution in [0.5, 0.6) is 0 Å². The smallest absolute Gasteiger partial charge is 0.0972 e. The van der Waals surface area contributed by atoms with Gasteiger partial charge in [-0.05, 0) is 33.1 Å². The molecule has 1 saturated heterocycles. The molecule has 4 nitrogen and oxygen atoms in total. The van der Waals surface area contributed by atoms with Crippen molar-refractivity contribution in [1.82, 2.24) is 9.78 Å². The molecule has 1 aliphatic heterocycles. The molecule has 2 unspecified atom stereocenters. The van der Waals surface area contributed by atoms with Crippen LogP contribution < -0.4 is 5.73 Å². The lowest BCUT2D eigenvalue weighted by atomic mass is 10.1. The van der Waals surface area contributed by atoms with Crippen LogP contribution in [0.25, 0.3) is 0 Å². The molecule has 1 aliphatic rings. The number of nitrogens with two attached hydrogens (primary N) is 1. The average molecular weight is 269 g/mol. The van der Waals surface area contributed by atoms with Gasteiger partial charge in [0.1, 0.15) is 0 Å². The predicted octanol–water partition coefficient (Wildman–Crippen LogP) is 1.89. The quantitative estimate of drug-likeness (QED) is 0.829. The van der Waals surface area contributed by atoms with Gasteiger partial charge in [0.25, 0.3) is 0 Å². The van der Waals surface area contributed by atoms with Crippen molar-refractivity contribution in [1.29, 1.82) is 0 Å². The molecular weight excluding hydrogens is 246 g/mol. The van der Waals surface area contributed by atoms with Gasteiger partial charge in [0.05, 0.1) is 16.8 Å². The van der Waals surface area contributed by atoms with Crippen molar-refractivity contribution in [3.8, 4) is 0 Å². The van der Waals surface area contributed by atoms with Crippen LogP contribution in [0.2, 0.25) is 0 Å². The Balaban J connectivity index is 2.05. The van der Waals surface area contributed by atoms with Crippen LogP contribution in [0.15, 0.2) is 5.03 Å². The Hall–Kier alpha value is -0.520. The summed E-state index contributed by atoms with van der Waals surface area (Å²) in [5, 5.41) is 5.76. The number of hydrogen-bond donors (Lipinski definition) is 1. The van der Waals surface area contributed by atoms with Gasteiger partial charge in [0.2, 0.25) is 0 Å². The highest BCUT2D eigenvalue weighted by Crippen LogP contribution is 2.28. The summed E-state index contributed by atoms with van der Waals surface area (Å²) in [5.41, 5.74) is 8.32. The maximum atomic E-state index is 5.92. The molecule has 5 heteroatoms. The molecule has 0 spiro atoms. The van der Waals surface area contributed by atoms with E-state index in [9.17, 15) is 0 Å². The van der Waals surface area contributed by atoms with E-state index in [-0.39, 0.29) is 6.04 Å². The second-order valence-electron chi connectivity index (χ2n) is 5.12. The molecule has 0 radical (unpaired) electrons. The van der Waals surface area contributed by atoms with Gasteiger partial charge in [-0.3, -0.25) is 4.68 Å². The Bertz CT molecular complexity index is 397. The fraction of sp³-hybridized carbons (Fsp3) is 0.769. The first-order valence-corrected chi connectivity index (χ1v) is 7.59. The van der Waals surface area contributed by atoms with Crippen molar-refractivity contribution in [3.63, 3.8) is 0 Å². The molecule has 1 aromatic heterocycles. The Morgan fingerprint density at radius 3 is 3.00 bits per heavy atom. The molecule has 0 aromatic carbocycles. The molecule has 1 fully saturated rings. The molecular formula is C13H23N3OS. The normalized spacial score (nSPS) is 21.4. The van der Waals surface area contributed by atoms with Crippen LogP contribution in [0, 0.1) is 6.92 Å². The zero-order valence-electron chi connectivity index (χ0n) is 11.5. The lowest BCUT2D eigenvalue weighted by Gasteiger charge is -2.11. The van der Waals surface area contributed by atoms with Crippen LogP contribution in [-0.4, -0.2) is 34.3 Å². The number of aromatic nitrogens is 2. The van der Waals surface area contributed by atoms with Gasteiger partial charge in [-0.15, -0.1) is 11.8 Å². The summed E-state index contributed by atoms with van der Waals surface area (Å²) in [6.07, 6.45) is 3.69. The Labute approximate surface area is 113 Å². The molecule has 2 N–H and O–H groups in total. The van der Waals surface area contributed by atoms with Crippen molar-refractivity contribution in [2.75, 3.05) is 12.4 Å². The van der Waals surface area contributed by atoms with E-state index in [1.165, 1.54) is 23.4 Å². The zero-order chi connectivity index (χ0) is 13.1. The third kappa shape index (κ3) is 3.28. The lowest BCUT2D eigenvalue weighted by Crippen LogP contribution is -2.18.